The van der Waals surface area contributed by atoms with Gasteiger partial charge >= 0.3 is 0 Å². The molecule has 1 rings (SSSR count). The first-order valence-corrected chi connectivity index (χ1v) is 27.0. The molecule has 0 amide bonds. The van der Waals surface area contributed by atoms with Gasteiger partial charge in [0.1, 0.15) is 18.3 Å². The van der Waals surface area contributed by atoms with E-state index in [-0.39, 0.29) is 32.4 Å². The molecular formula is C53H110O10. The Kier molecular flexibility index (Phi) is 57.4. The molecule has 10 heteroatoms. The molecule has 0 aromatic heterocycles. The summed E-state index contributed by atoms with van der Waals surface area (Å²) in [6.45, 7) is 17.1. The minimum absolute atomic E-state index is 0.0887. The smallest absolute Gasteiger partial charge is 0.154 e. The van der Waals surface area contributed by atoms with E-state index in [0.29, 0.717) is 39.1 Å². The monoisotopic (exact) mass is 907 g/mol. The molecule has 1 aliphatic rings. The molecule has 0 bridgehead atoms. The van der Waals surface area contributed by atoms with E-state index in [1.54, 1.807) is 0 Å². The molecule has 0 radical (unpaired) electrons. The van der Waals surface area contributed by atoms with Gasteiger partial charge in [-0.1, -0.05) is 206 Å². The van der Waals surface area contributed by atoms with Gasteiger partial charge in [-0.3, -0.25) is 0 Å². The van der Waals surface area contributed by atoms with E-state index in [9.17, 15) is 5.11 Å². The Morgan fingerprint density at radius 3 is 1.02 bits per heavy atom. The summed E-state index contributed by atoms with van der Waals surface area (Å²) < 4.78 is 36.8. The molecule has 0 spiro atoms. The summed E-state index contributed by atoms with van der Waals surface area (Å²) in [5, 5.41) is 27.6. The zero-order chi connectivity index (χ0) is 46.5. The van der Waals surface area contributed by atoms with Gasteiger partial charge in [0, 0.05) is 26.4 Å². The van der Waals surface area contributed by atoms with Crippen LogP contribution in [0, 0.1) is 0 Å². The van der Waals surface area contributed by atoms with Crippen LogP contribution < -0.4 is 0 Å². The van der Waals surface area contributed by atoms with E-state index in [1.807, 2.05) is 27.7 Å². The van der Waals surface area contributed by atoms with E-state index < -0.39 is 12.2 Å². The number of unbranched alkanes of at least 4 members (excludes halogenated alkanes) is 30. The van der Waals surface area contributed by atoms with Gasteiger partial charge in [0.2, 0.25) is 0 Å². The molecule has 10 nitrogen and oxygen atoms in total. The van der Waals surface area contributed by atoms with Crippen molar-refractivity contribution in [2.24, 2.45) is 0 Å². The van der Waals surface area contributed by atoms with Crippen LogP contribution in [0.1, 0.15) is 247 Å². The first kappa shape index (κ1) is 64.7. The molecule has 1 aliphatic heterocycles. The van der Waals surface area contributed by atoms with Crippen molar-refractivity contribution in [1.82, 2.24) is 0 Å². The van der Waals surface area contributed by atoms with Crippen LogP contribution in [-0.2, 0) is 33.2 Å². The molecule has 1 saturated heterocycles. The molecule has 1 heterocycles. The van der Waals surface area contributed by atoms with Crippen molar-refractivity contribution in [3.8, 4) is 0 Å². The predicted octanol–water partition coefficient (Wildman–Crippen LogP) is 13.4. The molecule has 5 atom stereocenters. The van der Waals surface area contributed by atoms with Crippen molar-refractivity contribution in [2.45, 2.75) is 278 Å². The maximum Gasteiger partial charge on any atom is 0.154 e. The number of rotatable bonds is 49. The lowest BCUT2D eigenvalue weighted by atomic mass is 10.0. The molecule has 0 aromatic rings. The number of aliphatic hydroxyl groups is 3. The third kappa shape index (κ3) is 59.6. The molecule has 0 saturated carbocycles. The largest absolute Gasteiger partial charge is 0.394 e. The first-order chi connectivity index (χ1) is 30.8. The summed E-state index contributed by atoms with van der Waals surface area (Å²) in [5.41, 5.74) is 0. The van der Waals surface area contributed by atoms with Crippen LogP contribution in [0.2, 0.25) is 0 Å². The fourth-order valence-corrected chi connectivity index (χ4v) is 7.26. The van der Waals surface area contributed by atoms with Crippen molar-refractivity contribution >= 4 is 0 Å². The average Bonchev–Trinajstić information content (AvgIpc) is 4.12. The highest BCUT2D eigenvalue weighted by Crippen LogP contribution is 2.16. The van der Waals surface area contributed by atoms with Crippen LogP contribution >= 0.6 is 0 Å². The molecule has 0 aromatic carbocycles. The molecule has 3 N–H and O–H groups in total. The van der Waals surface area contributed by atoms with Gasteiger partial charge in [-0.15, -0.1) is 0 Å². The summed E-state index contributed by atoms with van der Waals surface area (Å²) in [7, 11) is 0. The topological polar surface area (TPSA) is 129 Å². The van der Waals surface area contributed by atoms with Crippen LogP contribution in [0.25, 0.3) is 0 Å². The van der Waals surface area contributed by atoms with Crippen LogP contribution in [0.3, 0.4) is 0 Å². The normalized spacial score (nSPS) is 15.3. The maximum atomic E-state index is 9.80. The van der Waals surface area contributed by atoms with Crippen LogP contribution in [0.5, 0.6) is 0 Å². The van der Waals surface area contributed by atoms with E-state index >= 15 is 0 Å². The minimum atomic E-state index is -0.717. The minimum Gasteiger partial charge on any atom is -0.394 e. The van der Waals surface area contributed by atoms with Crippen molar-refractivity contribution in [2.75, 3.05) is 66.1 Å². The highest BCUT2D eigenvalue weighted by atomic mass is 16.7. The Morgan fingerprint density at radius 2 is 0.714 bits per heavy atom. The third-order valence-electron chi connectivity index (χ3n) is 11.4. The Morgan fingerprint density at radius 1 is 0.413 bits per heavy atom. The van der Waals surface area contributed by atoms with Crippen LogP contribution in [0.4, 0.5) is 0 Å². The Labute approximate surface area is 391 Å². The molecule has 63 heavy (non-hydrogen) atoms. The third-order valence-corrected chi connectivity index (χ3v) is 11.4. The standard InChI is InChI=1S/C25H52O4.C21H44O3.C7H14O3/c1-4-6-7-8-9-10-11-12-13-14-15-16-17-18-19-20-21-27-22-25(26)23-29-24(3)28-5-2;1-2-3-4-5-6-7-8-9-10-11-12-13-14-15-16-17-18-24-20-21(23)19-22;1-3-8-6(2)9-4-7-5-10-7/h24-26H,4-23H2,1-3H3;21-23H,2-20H2,1H3;6-7H,3-5H2,1-2H3. The first-order valence-electron chi connectivity index (χ1n) is 27.0. The van der Waals surface area contributed by atoms with Crippen molar-refractivity contribution < 1.29 is 48.5 Å². The van der Waals surface area contributed by atoms with Gasteiger partial charge in [0.25, 0.3) is 0 Å². The predicted molar refractivity (Wildman–Crippen MR) is 264 cm³/mol. The fraction of sp³-hybridized carbons (Fsp3) is 1.00. The second-order valence-electron chi connectivity index (χ2n) is 17.9. The number of ether oxygens (including phenoxy) is 7. The zero-order valence-corrected chi connectivity index (χ0v) is 42.8. The molecule has 1 fully saturated rings. The highest BCUT2D eigenvalue weighted by Gasteiger charge is 2.23. The second kappa shape index (κ2) is 55.9. The Bertz CT molecular complexity index is 804. The van der Waals surface area contributed by atoms with Gasteiger partial charge < -0.3 is 48.5 Å². The van der Waals surface area contributed by atoms with Gasteiger partial charge in [0.15, 0.2) is 12.6 Å². The summed E-state index contributed by atoms with van der Waals surface area (Å²) in [4.78, 5) is 0. The fourth-order valence-electron chi connectivity index (χ4n) is 7.26. The highest BCUT2D eigenvalue weighted by molar-refractivity contribution is 4.67. The van der Waals surface area contributed by atoms with Crippen molar-refractivity contribution in [1.29, 1.82) is 0 Å². The number of hydrogen-bond acceptors (Lipinski definition) is 10. The van der Waals surface area contributed by atoms with E-state index in [0.717, 1.165) is 26.1 Å². The van der Waals surface area contributed by atoms with Gasteiger partial charge in [0.05, 0.1) is 39.6 Å². The van der Waals surface area contributed by atoms with Gasteiger partial charge in [-0.2, -0.15) is 0 Å². The quantitative estimate of drug-likeness (QED) is 0.0308. The zero-order valence-electron chi connectivity index (χ0n) is 42.8. The van der Waals surface area contributed by atoms with Crippen LogP contribution in [-0.4, -0.2) is 112 Å². The lowest BCUT2D eigenvalue weighted by molar-refractivity contribution is -0.149. The number of hydrogen-bond donors (Lipinski definition) is 3. The Balaban J connectivity index is 0. The lowest BCUT2D eigenvalue weighted by Gasteiger charge is -2.16. The summed E-state index contributed by atoms with van der Waals surface area (Å²) in [6.07, 6.45) is 42.7. The summed E-state index contributed by atoms with van der Waals surface area (Å²) in [6, 6.07) is 0. The number of aliphatic hydroxyl groups excluding tert-OH is 3. The van der Waals surface area contributed by atoms with Crippen molar-refractivity contribution in [3.05, 3.63) is 0 Å². The summed E-state index contributed by atoms with van der Waals surface area (Å²) >= 11 is 0. The van der Waals surface area contributed by atoms with Crippen LogP contribution in [0.15, 0.2) is 0 Å². The molecule has 0 aliphatic carbocycles. The van der Waals surface area contributed by atoms with Gasteiger partial charge in [-0.05, 0) is 40.5 Å². The lowest BCUT2D eigenvalue weighted by Crippen LogP contribution is -2.25. The van der Waals surface area contributed by atoms with E-state index in [2.05, 4.69) is 13.8 Å². The average molecular weight is 907 g/mol. The Hall–Kier alpha value is -0.400. The van der Waals surface area contributed by atoms with E-state index in [1.165, 1.54) is 193 Å². The van der Waals surface area contributed by atoms with Crippen molar-refractivity contribution in [3.63, 3.8) is 0 Å². The number of epoxide rings is 1. The SMILES string of the molecule is CCCCCCCCCCCCCCCCCCOCC(O)CO.CCCCCCCCCCCCCCCCCCOCC(O)COC(C)OCC.CCOC(C)OCC1CO1. The van der Waals surface area contributed by atoms with Gasteiger partial charge in [-0.25, -0.2) is 0 Å². The molecular weight excluding hydrogens is 797 g/mol. The van der Waals surface area contributed by atoms with E-state index in [4.69, 9.17) is 43.4 Å². The molecule has 382 valence electrons. The summed E-state index contributed by atoms with van der Waals surface area (Å²) in [5.74, 6) is 0. The second-order valence-corrected chi connectivity index (χ2v) is 17.9. The molecule has 5 unspecified atom stereocenters. The maximum absolute atomic E-state index is 9.80.